The van der Waals surface area contributed by atoms with Gasteiger partial charge in [0.15, 0.2) is 0 Å². The number of hydrogen-bond donors (Lipinski definition) is 1. The molecule has 2 aromatic rings. The van der Waals surface area contributed by atoms with E-state index in [1.807, 2.05) is 0 Å². The van der Waals surface area contributed by atoms with Crippen molar-refractivity contribution in [1.82, 2.24) is 0 Å². The summed E-state index contributed by atoms with van der Waals surface area (Å²) in [5.74, 6) is 0.418. The molecule has 0 aromatic heterocycles. The van der Waals surface area contributed by atoms with Gasteiger partial charge in [-0.05, 0) is 48.9 Å². The van der Waals surface area contributed by atoms with Crippen LogP contribution in [0.5, 0.6) is 5.75 Å². The molecule has 160 valence electrons. The van der Waals surface area contributed by atoms with Crippen LogP contribution in [0.2, 0.25) is 0 Å². The van der Waals surface area contributed by atoms with E-state index in [0.717, 1.165) is 4.90 Å². The molecule has 0 unspecified atom stereocenters. The number of nitrogens with zero attached hydrogens (tertiary/aromatic N) is 3. The minimum atomic E-state index is -4.66. The molecule has 1 saturated heterocycles. The second-order valence-corrected chi connectivity index (χ2v) is 6.66. The largest absolute Gasteiger partial charge is 0.491 e. The Kier molecular flexibility index (Phi) is 6.11. The van der Waals surface area contributed by atoms with Crippen LogP contribution in [-0.2, 0) is 4.74 Å². The second kappa shape index (κ2) is 8.57. The van der Waals surface area contributed by atoms with Crippen LogP contribution in [0.15, 0.2) is 47.6 Å². The van der Waals surface area contributed by atoms with Gasteiger partial charge < -0.3 is 19.6 Å². The van der Waals surface area contributed by atoms with E-state index in [4.69, 9.17) is 14.7 Å². The first-order chi connectivity index (χ1) is 14.2. The van der Waals surface area contributed by atoms with Gasteiger partial charge in [-0.15, -0.1) is 0 Å². The van der Waals surface area contributed by atoms with Gasteiger partial charge in [0.1, 0.15) is 18.5 Å². The summed E-state index contributed by atoms with van der Waals surface area (Å²) in [7, 11) is 0. The minimum absolute atomic E-state index is 0.101. The van der Waals surface area contributed by atoms with Gasteiger partial charge in [-0.3, -0.25) is 10.1 Å². The Labute approximate surface area is 169 Å². The molecule has 1 aliphatic heterocycles. The maximum absolute atomic E-state index is 13.5. The molecule has 30 heavy (non-hydrogen) atoms. The van der Waals surface area contributed by atoms with Crippen molar-refractivity contribution < 1.29 is 32.8 Å². The molecule has 1 heterocycles. The lowest BCUT2D eigenvalue weighted by molar-refractivity contribution is -0.385. The Bertz CT molecular complexity index is 934. The van der Waals surface area contributed by atoms with Crippen molar-refractivity contribution in [3.8, 4) is 5.75 Å². The second-order valence-electron chi connectivity index (χ2n) is 6.66. The molecular weight excluding hydrogens is 407 g/mol. The van der Waals surface area contributed by atoms with Gasteiger partial charge in [0, 0.05) is 17.3 Å². The van der Waals surface area contributed by atoms with Crippen LogP contribution < -0.4 is 9.64 Å². The summed E-state index contributed by atoms with van der Waals surface area (Å²) in [4.78, 5) is 11.4. The van der Waals surface area contributed by atoms with Crippen LogP contribution in [0.4, 0.5) is 24.5 Å². The van der Waals surface area contributed by atoms with Crippen LogP contribution in [0, 0.1) is 17.0 Å². The minimum Gasteiger partial charge on any atom is -0.491 e. The summed E-state index contributed by atoms with van der Waals surface area (Å²) in [6.07, 6.45) is -6.49. The topological polar surface area (TPSA) is 97.4 Å². The molecule has 0 amide bonds. The van der Waals surface area contributed by atoms with Crippen LogP contribution in [0.3, 0.4) is 0 Å². The molecular formula is C19H18F3N3O5. The normalized spacial score (nSPS) is 19.4. The molecule has 3 rings (SSSR count). The highest BCUT2D eigenvalue weighted by Crippen LogP contribution is 2.36. The van der Waals surface area contributed by atoms with Crippen LogP contribution >= 0.6 is 0 Å². The Balaban J connectivity index is 1.73. The van der Waals surface area contributed by atoms with Crippen molar-refractivity contribution in [3.63, 3.8) is 0 Å². The Morgan fingerprint density at radius 1 is 1.33 bits per heavy atom. The SMILES string of the molecule is Cc1cc(N2C[C@@H](COc3ccc(C=NO)cc3)O[C@@H]2C(F)(F)F)ccc1[N+](=O)[O-]. The summed E-state index contributed by atoms with van der Waals surface area (Å²) in [6, 6.07) is 10.2. The lowest BCUT2D eigenvalue weighted by Gasteiger charge is -2.26. The molecule has 8 nitrogen and oxygen atoms in total. The van der Waals surface area contributed by atoms with Gasteiger partial charge in [-0.1, -0.05) is 5.16 Å². The van der Waals surface area contributed by atoms with E-state index in [9.17, 15) is 23.3 Å². The van der Waals surface area contributed by atoms with Gasteiger partial charge in [-0.2, -0.15) is 13.2 Å². The first kappa shape index (κ1) is 21.4. The van der Waals surface area contributed by atoms with E-state index < -0.39 is 23.4 Å². The third kappa shape index (κ3) is 4.79. The lowest BCUT2D eigenvalue weighted by atomic mass is 10.1. The van der Waals surface area contributed by atoms with E-state index >= 15 is 0 Å². The van der Waals surface area contributed by atoms with E-state index in [0.29, 0.717) is 11.3 Å². The third-order valence-electron chi connectivity index (χ3n) is 4.52. The zero-order chi connectivity index (χ0) is 21.9. The molecule has 0 bridgehead atoms. The maximum atomic E-state index is 13.5. The fourth-order valence-corrected chi connectivity index (χ4v) is 3.13. The molecule has 1 aliphatic rings. The molecule has 2 aromatic carbocycles. The van der Waals surface area contributed by atoms with Gasteiger partial charge in [0.2, 0.25) is 6.23 Å². The van der Waals surface area contributed by atoms with Crippen molar-refractivity contribution in [1.29, 1.82) is 0 Å². The third-order valence-corrected chi connectivity index (χ3v) is 4.52. The predicted molar refractivity (Wildman–Crippen MR) is 101 cm³/mol. The average molecular weight is 425 g/mol. The van der Waals surface area contributed by atoms with Crippen molar-refractivity contribution in [3.05, 3.63) is 63.7 Å². The number of oxime groups is 1. The van der Waals surface area contributed by atoms with Crippen LogP contribution in [-0.4, -0.2) is 48.0 Å². The van der Waals surface area contributed by atoms with Crippen molar-refractivity contribution in [2.75, 3.05) is 18.1 Å². The fourth-order valence-electron chi connectivity index (χ4n) is 3.13. The lowest BCUT2D eigenvalue weighted by Crippen LogP contribution is -2.42. The summed E-state index contributed by atoms with van der Waals surface area (Å²) >= 11 is 0. The summed E-state index contributed by atoms with van der Waals surface area (Å²) < 4.78 is 51.2. The summed E-state index contributed by atoms with van der Waals surface area (Å²) in [5.41, 5.74) is 0.885. The number of halogens is 3. The van der Waals surface area contributed by atoms with Gasteiger partial charge in [0.25, 0.3) is 5.69 Å². The van der Waals surface area contributed by atoms with Gasteiger partial charge in [0.05, 0.1) is 17.7 Å². The zero-order valence-electron chi connectivity index (χ0n) is 15.7. The number of alkyl halides is 3. The van der Waals surface area contributed by atoms with E-state index in [1.165, 1.54) is 31.3 Å². The Hall–Kier alpha value is -3.34. The Morgan fingerprint density at radius 2 is 2.03 bits per heavy atom. The Morgan fingerprint density at radius 3 is 2.60 bits per heavy atom. The number of nitro groups is 1. The molecule has 0 radical (unpaired) electrons. The number of hydrogen-bond acceptors (Lipinski definition) is 7. The quantitative estimate of drug-likeness (QED) is 0.327. The first-order valence-electron chi connectivity index (χ1n) is 8.83. The number of ether oxygens (including phenoxy) is 2. The number of nitro benzene ring substituents is 1. The predicted octanol–water partition coefficient (Wildman–Crippen LogP) is 3.88. The van der Waals surface area contributed by atoms with E-state index in [1.54, 1.807) is 24.3 Å². The summed E-state index contributed by atoms with van der Waals surface area (Å²) in [6.45, 7) is 1.24. The number of benzene rings is 2. The van der Waals surface area contributed by atoms with Crippen molar-refractivity contribution in [2.45, 2.75) is 25.4 Å². The maximum Gasteiger partial charge on any atom is 0.433 e. The molecule has 11 heteroatoms. The average Bonchev–Trinajstić information content (AvgIpc) is 3.12. The summed E-state index contributed by atoms with van der Waals surface area (Å²) in [5, 5.41) is 22.4. The molecule has 1 N–H and O–H groups in total. The first-order valence-corrected chi connectivity index (χ1v) is 8.83. The van der Waals surface area contributed by atoms with Gasteiger partial charge >= 0.3 is 6.18 Å². The van der Waals surface area contributed by atoms with E-state index in [2.05, 4.69) is 5.16 Å². The monoisotopic (exact) mass is 425 g/mol. The number of rotatable bonds is 6. The van der Waals surface area contributed by atoms with Gasteiger partial charge in [-0.25, -0.2) is 0 Å². The zero-order valence-corrected chi connectivity index (χ0v) is 15.7. The smallest absolute Gasteiger partial charge is 0.433 e. The molecule has 2 atom stereocenters. The number of anilines is 1. The van der Waals surface area contributed by atoms with Crippen LogP contribution in [0.1, 0.15) is 11.1 Å². The molecule has 0 saturated carbocycles. The molecule has 0 aliphatic carbocycles. The molecule has 1 fully saturated rings. The number of aryl methyl sites for hydroxylation is 1. The van der Waals surface area contributed by atoms with Crippen LogP contribution in [0.25, 0.3) is 0 Å². The standard InChI is InChI=1S/C19H18F3N3O5/c1-12-8-14(4-7-17(12)25(27)28)24-10-16(30-18(24)19(20,21)22)11-29-15-5-2-13(3-6-15)9-23-26/h2-9,16,18,26H,10-11H2,1H3/t16-,18+/m0/s1. The van der Waals surface area contributed by atoms with Crippen molar-refractivity contribution in [2.24, 2.45) is 5.16 Å². The van der Waals surface area contributed by atoms with E-state index in [-0.39, 0.29) is 30.1 Å². The van der Waals surface area contributed by atoms with Crippen molar-refractivity contribution >= 4 is 17.6 Å². The highest BCUT2D eigenvalue weighted by atomic mass is 19.4. The highest BCUT2D eigenvalue weighted by Gasteiger charge is 2.51. The molecule has 0 spiro atoms. The fraction of sp³-hybridized carbons (Fsp3) is 0.316. The highest BCUT2D eigenvalue weighted by molar-refractivity contribution is 5.79.